The summed E-state index contributed by atoms with van der Waals surface area (Å²) in [4.78, 5) is 10.7. The zero-order chi connectivity index (χ0) is 14.1. The van der Waals surface area contributed by atoms with Crippen molar-refractivity contribution in [3.05, 3.63) is 52.7 Å². The molecule has 2 aromatic rings. The van der Waals surface area contributed by atoms with Crippen molar-refractivity contribution in [1.82, 2.24) is 9.97 Å². The van der Waals surface area contributed by atoms with Crippen LogP contribution >= 0.6 is 11.6 Å². The first kappa shape index (κ1) is 13.3. The molecule has 1 fully saturated rings. The number of aromatic nitrogens is 2. The SMILES string of the molecule is CN(Cc1ccccc1F)c1cc(Cl)nc(C2CC2)n1. The molecule has 0 saturated heterocycles. The van der Waals surface area contributed by atoms with E-state index < -0.39 is 0 Å². The maximum Gasteiger partial charge on any atom is 0.135 e. The van der Waals surface area contributed by atoms with E-state index >= 15 is 0 Å². The molecule has 104 valence electrons. The van der Waals surface area contributed by atoms with Crippen molar-refractivity contribution in [3.8, 4) is 0 Å². The third kappa shape index (κ3) is 2.90. The zero-order valence-corrected chi connectivity index (χ0v) is 11.9. The van der Waals surface area contributed by atoms with Crippen LogP contribution in [0.2, 0.25) is 5.15 Å². The minimum absolute atomic E-state index is 0.207. The molecule has 0 bridgehead atoms. The van der Waals surface area contributed by atoms with Gasteiger partial charge in [0.2, 0.25) is 0 Å². The predicted octanol–water partition coefficient (Wildman–Crippen LogP) is 3.78. The lowest BCUT2D eigenvalue weighted by atomic mass is 10.2. The summed E-state index contributed by atoms with van der Waals surface area (Å²) >= 11 is 6.05. The van der Waals surface area contributed by atoms with Gasteiger partial charge in [0, 0.05) is 31.1 Å². The first-order chi connectivity index (χ1) is 9.63. The van der Waals surface area contributed by atoms with E-state index in [1.165, 1.54) is 6.07 Å². The highest BCUT2D eigenvalue weighted by molar-refractivity contribution is 6.29. The maximum absolute atomic E-state index is 13.7. The maximum atomic E-state index is 13.7. The van der Waals surface area contributed by atoms with Gasteiger partial charge in [-0.25, -0.2) is 14.4 Å². The molecule has 3 nitrogen and oxygen atoms in total. The number of hydrogen-bond acceptors (Lipinski definition) is 3. The predicted molar refractivity (Wildman–Crippen MR) is 77.5 cm³/mol. The van der Waals surface area contributed by atoms with E-state index in [-0.39, 0.29) is 5.82 Å². The minimum atomic E-state index is -0.207. The molecule has 20 heavy (non-hydrogen) atoms. The molecule has 1 heterocycles. The highest BCUT2D eigenvalue weighted by atomic mass is 35.5. The Morgan fingerprint density at radius 2 is 2.05 bits per heavy atom. The Kier molecular flexibility index (Phi) is 3.57. The van der Waals surface area contributed by atoms with Gasteiger partial charge in [0.1, 0.15) is 22.6 Å². The van der Waals surface area contributed by atoms with Crippen LogP contribution in [0.15, 0.2) is 30.3 Å². The molecule has 0 N–H and O–H groups in total. The molecule has 3 rings (SSSR count). The van der Waals surface area contributed by atoms with Crippen LogP contribution in [0.25, 0.3) is 0 Å². The largest absolute Gasteiger partial charge is 0.355 e. The van der Waals surface area contributed by atoms with Gasteiger partial charge < -0.3 is 4.90 Å². The van der Waals surface area contributed by atoms with Gasteiger partial charge in [0.05, 0.1) is 0 Å². The second kappa shape index (κ2) is 5.37. The van der Waals surface area contributed by atoms with Crippen LogP contribution in [0.1, 0.15) is 30.1 Å². The Labute approximate surface area is 122 Å². The van der Waals surface area contributed by atoms with Crippen molar-refractivity contribution in [2.75, 3.05) is 11.9 Å². The van der Waals surface area contributed by atoms with Crippen LogP contribution in [0.3, 0.4) is 0 Å². The molecule has 0 radical (unpaired) electrons. The standard InChI is InChI=1S/C15H15ClFN3/c1-20(9-11-4-2-3-5-12(11)17)14-8-13(16)18-15(19-14)10-6-7-10/h2-5,8,10H,6-7,9H2,1H3. The van der Waals surface area contributed by atoms with E-state index in [1.807, 2.05) is 18.0 Å². The quantitative estimate of drug-likeness (QED) is 0.803. The number of benzene rings is 1. The number of hydrogen-bond donors (Lipinski definition) is 0. The molecule has 0 aliphatic heterocycles. The van der Waals surface area contributed by atoms with E-state index in [0.717, 1.165) is 24.5 Å². The van der Waals surface area contributed by atoms with Crippen LogP contribution in [0.4, 0.5) is 10.2 Å². The summed E-state index contributed by atoms with van der Waals surface area (Å²) < 4.78 is 13.7. The second-order valence-corrected chi connectivity index (χ2v) is 5.52. The third-order valence-electron chi connectivity index (χ3n) is 3.40. The first-order valence-electron chi connectivity index (χ1n) is 6.62. The molecular formula is C15H15ClFN3. The van der Waals surface area contributed by atoms with Crippen molar-refractivity contribution >= 4 is 17.4 Å². The van der Waals surface area contributed by atoms with E-state index in [2.05, 4.69) is 9.97 Å². The van der Waals surface area contributed by atoms with Crippen molar-refractivity contribution in [1.29, 1.82) is 0 Å². The summed E-state index contributed by atoms with van der Waals surface area (Å²) in [7, 11) is 1.88. The molecule has 5 heteroatoms. The Balaban J connectivity index is 1.83. The van der Waals surface area contributed by atoms with Crippen LogP contribution in [0.5, 0.6) is 0 Å². The lowest BCUT2D eigenvalue weighted by molar-refractivity contribution is 0.607. The molecule has 0 spiro atoms. The van der Waals surface area contributed by atoms with Gasteiger partial charge >= 0.3 is 0 Å². The minimum Gasteiger partial charge on any atom is -0.355 e. The lowest BCUT2D eigenvalue weighted by Gasteiger charge is -2.19. The zero-order valence-electron chi connectivity index (χ0n) is 11.2. The molecule has 1 aromatic carbocycles. The van der Waals surface area contributed by atoms with E-state index in [1.54, 1.807) is 18.2 Å². The van der Waals surface area contributed by atoms with Gasteiger partial charge in [-0.05, 0) is 18.9 Å². The van der Waals surface area contributed by atoms with Crippen LogP contribution < -0.4 is 4.90 Å². The molecule has 1 aliphatic carbocycles. The number of anilines is 1. The van der Waals surface area contributed by atoms with E-state index in [4.69, 9.17) is 11.6 Å². The highest BCUT2D eigenvalue weighted by Gasteiger charge is 2.27. The molecule has 0 unspecified atom stereocenters. The Bertz CT molecular complexity index is 628. The second-order valence-electron chi connectivity index (χ2n) is 5.13. The van der Waals surface area contributed by atoms with Crippen LogP contribution in [0, 0.1) is 5.82 Å². The van der Waals surface area contributed by atoms with Crippen LogP contribution in [-0.2, 0) is 6.54 Å². The summed E-state index contributed by atoms with van der Waals surface area (Å²) in [6.07, 6.45) is 2.24. The van der Waals surface area contributed by atoms with E-state index in [0.29, 0.717) is 23.2 Å². The van der Waals surface area contributed by atoms with Gasteiger partial charge in [-0.15, -0.1) is 0 Å². The first-order valence-corrected chi connectivity index (χ1v) is 7.00. The summed E-state index contributed by atoms with van der Waals surface area (Å²) in [6, 6.07) is 8.47. The molecule has 0 amide bonds. The fourth-order valence-electron chi connectivity index (χ4n) is 2.11. The number of nitrogens with zero attached hydrogens (tertiary/aromatic N) is 3. The van der Waals surface area contributed by atoms with Crippen LogP contribution in [-0.4, -0.2) is 17.0 Å². The Hall–Kier alpha value is -1.68. The molecule has 1 saturated carbocycles. The smallest absolute Gasteiger partial charge is 0.135 e. The average molecular weight is 292 g/mol. The van der Waals surface area contributed by atoms with Gasteiger partial charge in [0.15, 0.2) is 0 Å². The molecular weight excluding hydrogens is 277 g/mol. The van der Waals surface area contributed by atoms with Gasteiger partial charge in [-0.2, -0.15) is 0 Å². The summed E-state index contributed by atoms with van der Waals surface area (Å²) in [5.74, 6) is 1.76. The van der Waals surface area contributed by atoms with E-state index in [9.17, 15) is 4.39 Å². The van der Waals surface area contributed by atoms with Crippen molar-refractivity contribution in [2.45, 2.75) is 25.3 Å². The molecule has 0 atom stereocenters. The fourth-order valence-corrected chi connectivity index (χ4v) is 2.29. The fraction of sp³-hybridized carbons (Fsp3) is 0.333. The number of rotatable bonds is 4. The van der Waals surface area contributed by atoms with Crippen molar-refractivity contribution < 1.29 is 4.39 Å². The monoisotopic (exact) mass is 291 g/mol. The topological polar surface area (TPSA) is 29.0 Å². The Morgan fingerprint density at radius 3 is 2.75 bits per heavy atom. The normalized spacial score (nSPS) is 14.3. The van der Waals surface area contributed by atoms with Gasteiger partial charge in [-0.1, -0.05) is 29.8 Å². The average Bonchev–Trinajstić information content (AvgIpc) is 3.25. The number of halogens is 2. The van der Waals surface area contributed by atoms with Crippen molar-refractivity contribution in [2.24, 2.45) is 0 Å². The van der Waals surface area contributed by atoms with Crippen molar-refractivity contribution in [3.63, 3.8) is 0 Å². The van der Waals surface area contributed by atoms with Gasteiger partial charge in [0.25, 0.3) is 0 Å². The highest BCUT2D eigenvalue weighted by Crippen LogP contribution is 2.39. The lowest BCUT2D eigenvalue weighted by Crippen LogP contribution is -2.19. The summed E-state index contributed by atoms with van der Waals surface area (Å²) in [5.41, 5.74) is 0.637. The summed E-state index contributed by atoms with van der Waals surface area (Å²) in [5, 5.41) is 0.442. The Morgan fingerprint density at radius 1 is 1.30 bits per heavy atom. The third-order valence-corrected chi connectivity index (χ3v) is 3.59. The molecule has 1 aromatic heterocycles. The summed E-state index contributed by atoms with van der Waals surface area (Å²) in [6.45, 7) is 0.449. The molecule has 1 aliphatic rings. The van der Waals surface area contributed by atoms with Gasteiger partial charge in [-0.3, -0.25) is 0 Å².